The Bertz CT molecular complexity index is 1020. The van der Waals surface area contributed by atoms with E-state index in [1.807, 2.05) is 0 Å². The molecule has 3 rings (SSSR count). The summed E-state index contributed by atoms with van der Waals surface area (Å²) in [5.74, 6) is -0.704. The summed E-state index contributed by atoms with van der Waals surface area (Å²) in [4.78, 5) is 28.9. The van der Waals surface area contributed by atoms with Gasteiger partial charge in [-0.25, -0.2) is 9.78 Å². The topological polar surface area (TPSA) is 94.3 Å². The third kappa shape index (κ3) is 4.27. The summed E-state index contributed by atoms with van der Waals surface area (Å²) < 4.78 is 4.95. The molecule has 9 heteroatoms. The quantitative estimate of drug-likeness (QED) is 0.408. The Morgan fingerprint density at radius 3 is 2.39 bits per heavy atom. The van der Waals surface area contributed by atoms with E-state index in [1.54, 1.807) is 49.4 Å². The standard InChI is InChI=1S/C19H15Cl2N3O3S/c1-2-27-18(26)10-6-8-11(9-7-10)23-19-24-17(22)16(28-19)15(25)14-12(20)4-3-5-13(14)21/h3-9H,2,22H2,1H3,(H,23,24). The van der Waals surface area contributed by atoms with E-state index in [2.05, 4.69) is 10.3 Å². The van der Waals surface area contributed by atoms with Crippen molar-refractivity contribution in [3.05, 3.63) is 68.5 Å². The molecule has 3 aromatic rings. The molecule has 28 heavy (non-hydrogen) atoms. The number of ether oxygens (including phenoxy) is 1. The number of rotatable bonds is 6. The number of ketones is 1. The number of carbonyl (C=O) groups excluding carboxylic acids is 2. The van der Waals surface area contributed by atoms with Crippen LogP contribution in [-0.2, 0) is 4.74 Å². The minimum atomic E-state index is -0.392. The van der Waals surface area contributed by atoms with Gasteiger partial charge in [0, 0.05) is 5.69 Å². The second-order valence-corrected chi connectivity index (χ2v) is 7.40. The molecule has 0 fully saturated rings. The molecule has 3 N–H and O–H groups in total. The molecule has 0 amide bonds. The third-order valence-electron chi connectivity index (χ3n) is 3.70. The Morgan fingerprint density at radius 2 is 1.79 bits per heavy atom. The summed E-state index contributed by atoms with van der Waals surface area (Å²) in [5.41, 5.74) is 7.23. The lowest BCUT2D eigenvalue weighted by Gasteiger charge is -2.05. The average molecular weight is 436 g/mol. The van der Waals surface area contributed by atoms with Crippen LogP contribution >= 0.6 is 34.5 Å². The highest BCUT2D eigenvalue weighted by Crippen LogP contribution is 2.33. The lowest BCUT2D eigenvalue weighted by Crippen LogP contribution is -2.04. The number of anilines is 3. The van der Waals surface area contributed by atoms with Crippen molar-refractivity contribution in [1.29, 1.82) is 0 Å². The SMILES string of the molecule is CCOC(=O)c1ccc(Nc2nc(N)c(C(=O)c3c(Cl)cccc3Cl)s2)cc1. The van der Waals surface area contributed by atoms with Gasteiger partial charge in [-0.3, -0.25) is 4.79 Å². The summed E-state index contributed by atoms with van der Waals surface area (Å²) in [6.07, 6.45) is 0. The molecule has 0 atom stereocenters. The van der Waals surface area contributed by atoms with Crippen LogP contribution in [0.3, 0.4) is 0 Å². The van der Waals surface area contributed by atoms with Gasteiger partial charge in [0.2, 0.25) is 5.78 Å². The van der Waals surface area contributed by atoms with Gasteiger partial charge in [0.1, 0.15) is 10.7 Å². The molecule has 0 aliphatic carbocycles. The zero-order valence-corrected chi connectivity index (χ0v) is 17.0. The zero-order valence-electron chi connectivity index (χ0n) is 14.7. The van der Waals surface area contributed by atoms with Crippen LogP contribution in [0.5, 0.6) is 0 Å². The van der Waals surface area contributed by atoms with Gasteiger partial charge in [0.05, 0.1) is 27.8 Å². The van der Waals surface area contributed by atoms with Gasteiger partial charge in [-0.1, -0.05) is 40.6 Å². The van der Waals surface area contributed by atoms with E-state index in [0.29, 0.717) is 23.0 Å². The van der Waals surface area contributed by atoms with Crippen LogP contribution in [0.4, 0.5) is 16.6 Å². The maximum absolute atomic E-state index is 12.8. The number of aromatic nitrogens is 1. The maximum Gasteiger partial charge on any atom is 0.338 e. The van der Waals surface area contributed by atoms with E-state index in [0.717, 1.165) is 11.3 Å². The number of nitrogens with two attached hydrogens (primary N) is 1. The first-order valence-corrected chi connectivity index (χ1v) is 9.77. The fourth-order valence-electron chi connectivity index (χ4n) is 2.40. The third-order valence-corrected chi connectivity index (χ3v) is 5.31. The van der Waals surface area contributed by atoms with Crippen LogP contribution in [0.15, 0.2) is 42.5 Å². The van der Waals surface area contributed by atoms with Gasteiger partial charge >= 0.3 is 5.97 Å². The van der Waals surface area contributed by atoms with Crippen molar-refractivity contribution >= 4 is 62.9 Å². The van der Waals surface area contributed by atoms with Gasteiger partial charge in [-0.05, 0) is 43.3 Å². The zero-order chi connectivity index (χ0) is 20.3. The first kappa shape index (κ1) is 20.1. The Hall–Kier alpha value is -2.61. The number of nitrogen functional groups attached to an aromatic ring is 1. The molecule has 0 aliphatic rings. The number of carbonyl (C=O) groups is 2. The molecular formula is C19H15Cl2N3O3S. The molecule has 6 nitrogen and oxygen atoms in total. The van der Waals surface area contributed by atoms with Gasteiger partial charge in [0.25, 0.3) is 0 Å². The summed E-state index contributed by atoms with van der Waals surface area (Å²) in [7, 11) is 0. The summed E-state index contributed by atoms with van der Waals surface area (Å²) in [5, 5.41) is 3.97. The second-order valence-electron chi connectivity index (χ2n) is 5.58. The predicted molar refractivity (Wildman–Crippen MR) is 112 cm³/mol. The average Bonchev–Trinajstić information content (AvgIpc) is 3.02. The van der Waals surface area contributed by atoms with Crippen molar-refractivity contribution in [3.63, 3.8) is 0 Å². The molecule has 0 spiro atoms. The summed E-state index contributed by atoms with van der Waals surface area (Å²) in [6.45, 7) is 2.05. The number of nitrogens with one attached hydrogen (secondary N) is 1. The Balaban J connectivity index is 1.81. The number of thiazole rings is 1. The molecule has 144 valence electrons. The predicted octanol–water partition coefficient (Wildman–Crippen LogP) is 5.18. The molecule has 0 bridgehead atoms. The number of halogens is 2. The molecule has 0 saturated heterocycles. The molecule has 1 aromatic heterocycles. The minimum absolute atomic E-state index is 0.0802. The molecular weight excluding hydrogens is 421 g/mol. The molecule has 2 aromatic carbocycles. The number of nitrogens with zero attached hydrogens (tertiary/aromatic N) is 1. The van der Waals surface area contributed by atoms with Gasteiger partial charge in [-0.15, -0.1) is 0 Å². The number of hydrogen-bond acceptors (Lipinski definition) is 7. The van der Waals surface area contributed by atoms with Crippen molar-refractivity contribution < 1.29 is 14.3 Å². The van der Waals surface area contributed by atoms with Crippen molar-refractivity contribution in [1.82, 2.24) is 4.98 Å². The molecule has 0 unspecified atom stereocenters. The summed E-state index contributed by atoms with van der Waals surface area (Å²) in [6, 6.07) is 11.5. The fraction of sp³-hybridized carbons (Fsp3) is 0.105. The maximum atomic E-state index is 12.8. The monoisotopic (exact) mass is 435 g/mol. The number of benzene rings is 2. The van der Waals surface area contributed by atoms with Gasteiger partial charge in [-0.2, -0.15) is 0 Å². The summed E-state index contributed by atoms with van der Waals surface area (Å²) >= 11 is 13.3. The van der Waals surface area contributed by atoms with Crippen molar-refractivity contribution in [3.8, 4) is 0 Å². The van der Waals surface area contributed by atoms with E-state index >= 15 is 0 Å². The second kappa shape index (κ2) is 8.60. The van der Waals surface area contributed by atoms with Crippen LogP contribution in [0.2, 0.25) is 10.0 Å². The largest absolute Gasteiger partial charge is 0.462 e. The van der Waals surface area contributed by atoms with E-state index in [4.69, 9.17) is 33.7 Å². The van der Waals surface area contributed by atoms with Crippen LogP contribution in [0.25, 0.3) is 0 Å². The Kier molecular flexibility index (Phi) is 6.18. The van der Waals surface area contributed by atoms with E-state index in [9.17, 15) is 9.59 Å². The van der Waals surface area contributed by atoms with Crippen molar-refractivity contribution in [2.75, 3.05) is 17.7 Å². The van der Waals surface area contributed by atoms with E-state index in [1.165, 1.54) is 0 Å². The van der Waals surface area contributed by atoms with Gasteiger partial charge < -0.3 is 15.8 Å². The first-order valence-electron chi connectivity index (χ1n) is 8.20. The number of esters is 1. The minimum Gasteiger partial charge on any atom is -0.462 e. The van der Waals surface area contributed by atoms with Crippen LogP contribution in [0.1, 0.15) is 32.5 Å². The lowest BCUT2D eigenvalue weighted by molar-refractivity contribution is 0.0526. The molecule has 0 aliphatic heterocycles. The van der Waals surface area contributed by atoms with E-state index in [-0.39, 0.29) is 26.3 Å². The molecule has 0 saturated carbocycles. The van der Waals surface area contributed by atoms with E-state index < -0.39 is 11.8 Å². The lowest BCUT2D eigenvalue weighted by atomic mass is 10.1. The van der Waals surface area contributed by atoms with Crippen molar-refractivity contribution in [2.24, 2.45) is 0 Å². The Morgan fingerprint density at radius 1 is 1.14 bits per heavy atom. The number of hydrogen-bond donors (Lipinski definition) is 2. The van der Waals surface area contributed by atoms with Crippen LogP contribution in [0, 0.1) is 0 Å². The van der Waals surface area contributed by atoms with Crippen LogP contribution in [-0.4, -0.2) is 23.3 Å². The first-order chi connectivity index (χ1) is 13.4. The molecule has 1 heterocycles. The fourth-order valence-corrected chi connectivity index (χ4v) is 3.82. The molecule has 0 radical (unpaired) electrons. The normalized spacial score (nSPS) is 10.5. The Labute approximate surface area is 175 Å². The highest BCUT2D eigenvalue weighted by atomic mass is 35.5. The highest BCUT2D eigenvalue weighted by molar-refractivity contribution is 7.18. The van der Waals surface area contributed by atoms with Gasteiger partial charge in [0.15, 0.2) is 5.13 Å². The highest BCUT2D eigenvalue weighted by Gasteiger charge is 2.22. The smallest absolute Gasteiger partial charge is 0.338 e. The van der Waals surface area contributed by atoms with Crippen LogP contribution < -0.4 is 11.1 Å². The van der Waals surface area contributed by atoms with Crippen molar-refractivity contribution in [2.45, 2.75) is 6.92 Å².